The number of nitrogens with one attached hydrogen (secondary N) is 1. The number of rotatable bonds is 4. The normalized spacial score (nSPS) is 15.9. The Hall–Kier alpha value is -1.18. The monoisotopic (exact) mass is 401 g/mol. The van der Waals surface area contributed by atoms with Crippen LogP contribution in [0.3, 0.4) is 0 Å². The van der Waals surface area contributed by atoms with E-state index in [2.05, 4.69) is 5.32 Å². The van der Waals surface area contributed by atoms with Crippen molar-refractivity contribution in [1.29, 1.82) is 0 Å². The van der Waals surface area contributed by atoms with E-state index in [-0.39, 0.29) is 36.6 Å². The largest absolute Gasteiger partial charge is 0.416 e. The number of halogens is 5. The molecule has 1 aromatic rings. The SMILES string of the molecule is CNCC(C)C(=O)N1CCN(c2cccc(C(F)(F)F)c2)CC1.Cl.Cl. The lowest BCUT2D eigenvalue weighted by Gasteiger charge is -2.37. The quantitative estimate of drug-likeness (QED) is 0.841. The van der Waals surface area contributed by atoms with Gasteiger partial charge in [-0.3, -0.25) is 4.79 Å². The molecule has 25 heavy (non-hydrogen) atoms. The third kappa shape index (κ3) is 6.24. The van der Waals surface area contributed by atoms with Crippen LogP contribution in [0.5, 0.6) is 0 Å². The van der Waals surface area contributed by atoms with Crippen LogP contribution >= 0.6 is 24.8 Å². The summed E-state index contributed by atoms with van der Waals surface area (Å²) < 4.78 is 38.4. The number of nitrogens with zero attached hydrogens (tertiary/aromatic N) is 2. The number of anilines is 1. The highest BCUT2D eigenvalue weighted by atomic mass is 35.5. The molecule has 0 aromatic heterocycles. The number of hydrogen-bond donors (Lipinski definition) is 1. The van der Waals surface area contributed by atoms with Crippen LogP contribution in [-0.2, 0) is 11.0 Å². The van der Waals surface area contributed by atoms with E-state index in [1.807, 2.05) is 11.8 Å². The fourth-order valence-electron chi connectivity index (χ4n) is 2.77. The van der Waals surface area contributed by atoms with Gasteiger partial charge in [-0.05, 0) is 25.2 Å². The summed E-state index contributed by atoms with van der Waals surface area (Å²) in [6.07, 6.45) is -4.34. The zero-order chi connectivity index (χ0) is 17.0. The van der Waals surface area contributed by atoms with Crippen molar-refractivity contribution in [3.8, 4) is 0 Å². The molecule has 0 saturated carbocycles. The van der Waals surface area contributed by atoms with Gasteiger partial charge in [-0.2, -0.15) is 13.2 Å². The van der Waals surface area contributed by atoms with Crippen LogP contribution in [0.1, 0.15) is 12.5 Å². The molecule has 0 spiro atoms. The molecule has 2 rings (SSSR count). The minimum absolute atomic E-state index is 0. The van der Waals surface area contributed by atoms with Crippen LogP contribution in [0, 0.1) is 5.92 Å². The van der Waals surface area contributed by atoms with E-state index in [0.29, 0.717) is 38.4 Å². The maximum atomic E-state index is 12.8. The lowest BCUT2D eigenvalue weighted by molar-refractivity contribution is -0.137. The summed E-state index contributed by atoms with van der Waals surface area (Å²) >= 11 is 0. The number of amides is 1. The van der Waals surface area contributed by atoms with Gasteiger partial charge in [0.1, 0.15) is 0 Å². The summed E-state index contributed by atoms with van der Waals surface area (Å²) in [7, 11) is 1.80. The summed E-state index contributed by atoms with van der Waals surface area (Å²) in [6, 6.07) is 5.34. The Balaban J connectivity index is 0.00000288. The van der Waals surface area contributed by atoms with E-state index >= 15 is 0 Å². The van der Waals surface area contributed by atoms with Crippen molar-refractivity contribution in [2.75, 3.05) is 44.7 Å². The van der Waals surface area contributed by atoms with Gasteiger partial charge in [0.15, 0.2) is 0 Å². The molecule has 1 fully saturated rings. The summed E-state index contributed by atoms with van der Waals surface area (Å²) in [5.74, 6) is -0.0110. The van der Waals surface area contributed by atoms with E-state index < -0.39 is 11.7 Å². The fourth-order valence-corrected chi connectivity index (χ4v) is 2.77. The van der Waals surface area contributed by atoms with E-state index in [9.17, 15) is 18.0 Å². The van der Waals surface area contributed by atoms with Gasteiger partial charge in [0, 0.05) is 44.3 Å². The van der Waals surface area contributed by atoms with Crippen molar-refractivity contribution < 1.29 is 18.0 Å². The molecule has 1 aliphatic heterocycles. The molecular formula is C16H24Cl2F3N3O. The first kappa shape index (κ1) is 23.8. The molecule has 9 heteroatoms. The standard InChI is InChI=1S/C16H22F3N3O.2ClH/c1-12(11-20-2)15(23)22-8-6-21(7-9-22)14-5-3-4-13(10-14)16(17,18)19;;/h3-5,10,12,20H,6-9,11H2,1-2H3;2*1H. The second kappa shape index (κ2) is 10.1. The van der Waals surface area contributed by atoms with E-state index in [4.69, 9.17) is 0 Å². The highest BCUT2D eigenvalue weighted by Gasteiger charge is 2.31. The molecule has 4 nitrogen and oxygen atoms in total. The molecule has 1 atom stereocenters. The minimum atomic E-state index is -4.34. The van der Waals surface area contributed by atoms with Gasteiger partial charge < -0.3 is 15.1 Å². The molecule has 1 aromatic carbocycles. The Bertz CT molecular complexity index is 550. The highest BCUT2D eigenvalue weighted by molar-refractivity contribution is 5.85. The van der Waals surface area contributed by atoms with Gasteiger partial charge in [0.25, 0.3) is 0 Å². The molecule has 0 radical (unpaired) electrons. The first-order valence-electron chi connectivity index (χ1n) is 7.68. The van der Waals surface area contributed by atoms with Crippen LogP contribution < -0.4 is 10.2 Å². The smallest absolute Gasteiger partial charge is 0.368 e. The van der Waals surface area contributed by atoms with E-state index in [1.54, 1.807) is 18.0 Å². The van der Waals surface area contributed by atoms with Gasteiger partial charge in [-0.1, -0.05) is 13.0 Å². The van der Waals surface area contributed by atoms with Crippen LogP contribution in [0.15, 0.2) is 24.3 Å². The lowest BCUT2D eigenvalue weighted by atomic mass is 10.1. The highest BCUT2D eigenvalue weighted by Crippen LogP contribution is 2.31. The first-order valence-corrected chi connectivity index (χ1v) is 7.68. The number of carbonyl (C=O) groups excluding carboxylic acids is 1. The molecule has 144 valence electrons. The molecular weight excluding hydrogens is 378 g/mol. The van der Waals surface area contributed by atoms with Crippen LogP contribution in [-0.4, -0.2) is 50.6 Å². The van der Waals surface area contributed by atoms with Crippen molar-refractivity contribution >= 4 is 36.4 Å². The molecule has 1 N–H and O–H groups in total. The Morgan fingerprint density at radius 2 is 1.80 bits per heavy atom. The number of hydrogen-bond acceptors (Lipinski definition) is 3. The second-order valence-electron chi connectivity index (χ2n) is 5.82. The van der Waals surface area contributed by atoms with Crippen molar-refractivity contribution in [3.63, 3.8) is 0 Å². The third-order valence-corrected chi connectivity index (χ3v) is 4.06. The topological polar surface area (TPSA) is 35.6 Å². The Kier molecular flexibility index (Phi) is 9.61. The van der Waals surface area contributed by atoms with Gasteiger partial charge in [0.2, 0.25) is 5.91 Å². The average Bonchev–Trinajstić information content (AvgIpc) is 2.54. The number of benzene rings is 1. The molecule has 1 heterocycles. The predicted octanol–water partition coefficient (Wildman–Crippen LogP) is 3.05. The van der Waals surface area contributed by atoms with Crippen LogP contribution in [0.4, 0.5) is 18.9 Å². The van der Waals surface area contributed by atoms with Gasteiger partial charge in [-0.15, -0.1) is 24.8 Å². The summed E-state index contributed by atoms with van der Waals surface area (Å²) in [4.78, 5) is 15.9. The zero-order valence-corrected chi connectivity index (χ0v) is 15.8. The van der Waals surface area contributed by atoms with Crippen molar-refractivity contribution in [3.05, 3.63) is 29.8 Å². The third-order valence-electron chi connectivity index (χ3n) is 4.06. The summed E-state index contributed by atoms with van der Waals surface area (Å²) in [5.41, 5.74) is -0.0913. The molecule has 1 amide bonds. The predicted molar refractivity (Wildman–Crippen MR) is 97.8 cm³/mol. The molecule has 1 unspecified atom stereocenters. The first-order chi connectivity index (χ1) is 10.8. The van der Waals surface area contributed by atoms with Crippen LogP contribution in [0.25, 0.3) is 0 Å². The maximum absolute atomic E-state index is 12.8. The molecule has 1 saturated heterocycles. The second-order valence-corrected chi connectivity index (χ2v) is 5.82. The average molecular weight is 402 g/mol. The number of piperazine rings is 1. The number of carbonyl (C=O) groups is 1. The van der Waals surface area contributed by atoms with Gasteiger partial charge in [0.05, 0.1) is 5.56 Å². The summed E-state index contributed by atoms with van der Waals surface area (Å²) in [6.45, 7) is 4.63. The Labute approximate surface area is 158 Å². The van der Waals surface area contributed by atoms with Crippen molar-refractivity contribution in [1.82, 2.24) is 10.2 Å². The van der Waals surface area contributed by atoms with E-state index in [0.717, 1.165) is 6.07 Å². The molecule has 0 aliphatic carbocycles. The lowest BCUT2D eigenvalue weighted by Crippen LogP contribution is -2.51. The van der Waals surface area contributed by atoms with Crippen molar-refractivity contribution in [2.24, 2.45) is 5.92 Å². The van der Waals surface area contributed by atoms with E-state index in [1.165, 1.54) is 12.1 Å². The van der Waals surface area contributed by atoms with Crippen molar-refractivity contribution in [2.45, 2.75) is 13.1 Å². The summed E-state index contributed by atoms with van der Waals surface area (Å²) in [5, 5.41) is 2.98. The fraction of sp³-hybridized carbons (Fsp3) is 0.562. The Morgan fingerprint density at radius 1 is 1.20 bits per heavy atom. The van der Waals surface area contributed by atoms with Gasteiger partial charge >= 0.3 is 6.18 Å². The minimum Gasteiger partial charge on any atom is -0.368 e. The zero-order valence-electron chi connectivity index (χ0n) is 14.2. The van der Waals surface area contributed by atoms with Crippen LogP contribution in [0.2, 0.25) is 0 Å². The molecule has 0 bridgehead atoms. The maximum Gasteiger partial charge on any atom is 0.416 e. The van der Waals surface area contributed by atoms with Gasteiger partial charge in [-0.25, -0.2) is 0 Å². The molecule has 1 aliphatic rings. The Morgan fingerprint density at radius 3 is 2.32 bits per heavy atom. The number of alkyl halides is 3.